The summed E-state index contributed by atoms with van der Waals surface area (Å²) >= 11 is 0. The van der Waals surface area contributed by atoms with Gasteiger partial charge in [0, 0.05) is 26.5 Å². The number of hydrogen-bond acceptors (Lipinski definition) is 7. The van der Waals surface area contributed by atoms with Crippen LogP contribution in [0.2, 0.25) is 0 Å². The Kier molecular flexibility index (Phi) is 9.74. The molecule has 0 aliphatic carbocycles. The third-order valence-electron chi connectivity index (χ3n) is 6.31. The monoisotopic (exact) mass is 525 g/mol. The van der Waals surface area contributed by atoms with E-state index in [0.29, 0.717) is 37.5 Å². The second-order valence-electron chi connectivity index (χ2n) is 10.4. The van der Waals surface area contributed by atoms with E-state index in [4.69, 9.17) is 24.0 Å². The number of hydrazone groups is 1. The van der Waals surface area contributed by atoms with Crippen LogP contribution in [0, 0.1) is 5.41 Å². The second-order valence-corrected chi connectivity index (χ2v) is 10.4. The summed E-state index contributed by atoms with van der Waals surface area (Å²) in [6, 6.07) is 12.8. The topological polar surface area (TPSA) is 89.9 Å². The van der Waals surface area contributed by atoms with E-state index in [1.165, 1.54) is 5.01 Å². The smallest absolute Gasteiger partial charge is 0.262 e. The van der Waals surface area contributed by atoms with Crippen LogP contribution in [0.1, 0.15) is 50.8 Å². The normalized spacial score (nSPS) is 15.2. The standard InChI is InChI=1S/C29H39N3O6/c1-29(2,3)18-27(33)31(14-15-35-4)19-28(34)32-24(21-10-13-25(37-6)26(16-21)38-7)17-23(30-32)20-8-11-22(36-5)12-9-20/h8-13,16,24H,14-15,17-19H2,1-7H3/t24-/m1/s1. The van der Waals surface area contributed by atoms with Gasteiger partial charge in [0.25, 0.3) is 5.91 Å². The van der Waals surface area contributed by atoms with Gasteiger partial charge in [-0.2, -0.15) is 5.10 Å². The molecule has 1 aliphatic heterocycles. The lowest BCUT2D eigenvalue weighted by Gasteiger charge is -2.29. The fourth-order valence-electron chi connectivity index (χ4n) is 4.31. The number of benzene rings is 2. The molecule has 0 fully saturated rings. The number of hydrogen-bond donors (Lipinski definition) is 0. The molecule has 0 radical (unpaired) electrons. The first-order chi connectivity index (χ1) is 18.1. The minimum Gasteiger partial charge on any atom is -0.497 e. The van der Waals surface area contributed by atoms with Crippen LogP contribution >= 0.6 is 0 Å². The number of carbonyl (C=O) groups is 2. The van der Waals surface area contributed by atoms with Crippen molar-refractivity contribution in [3.05, 3.63) is 53.6 Å². The zero-order chi connectivity index (χ0) is 27.9. The lowest BCUT2D eigenvalue weighted by molar-refractivity contribution is -0.143. The van der Waals surface area contributed by atoms with Crippen LogP contribution in [0.15, 0.2) is 47.6 Å². The number of nitrogens with zero attached hydrogens (tertiary/aromatic N) is 3. The van der Waals surface area contributed by atoms with Gasteiger partial charge in [-0.15, -0.1) is 0 Å². The van der Waals surface area contributed by atoms with E-state index in [-0.39, 0.29) is 29.8 Å². The highest BCUT2D eigenvalue weighted by Crippen LogP contribution is 2.37. The summed E-state index contributed by atoms with van der Waals surface area (Å²) in [5.41, 5.74) is 2.31. The number of methoxy groups -OCH3 is 4. The van der Waals surface area contributed by atoms with Gasteiger partial charge in [-0.25, -0.2) is 5.01 Å². The molecular formula is C29H39N3O6. The van der Waals surface area contributed by atoms with Crippen molar-refractivity contribution < 1.29 is 28.5 Å². The van der Waals surface area contributed by atoms with E-state index in [0.717, 1.165) is 22.6 Å². The molecular weight excluding hydrogens is 486 g/mol. The van der Waals surface area contributed by atoms with Crippen molar-refractivity contribution in [2.45, 2.75) is 39.7 Å². The Hall–Kier alpha value is -3.59. The van der Waals surface area contributed by atoms with Crippen molar-refractivity contribution in [3.8, 4) is 17.2 Å². The van der Waals surface area contributed by atoms with Crippen molar-refractivity contribution in [2.24, 2.45) is 10.5 Å². The van der Waals surface area contributed by atoms with Gasteiger partial charge in [-0.05, 0) is 52.9 Å². The third-order valence-corrected chi connectivity index (χ3v) is 6.31. The van der Waals surface area contributed by atoms with Gasteiger partial charge in [-0.3, -0.25) is 9.59 Å². The van der Waals surface area contributed by atoms with Crippen molar-refractivity contribution in [1.82, 2.24) is 9.91 Å². The molecule has 9 heteroatoms. The van der Waals surface area contributed by atoms with Crippen LogP contribution in [-0.4, -0.2) is 75.6 Å². The van der Waals surface area contributed by atoms with E-state index in [2.05, 4.69) is 0 Å². The molecule has 206 valence electrons. The summed E-state index contributed by atoms with van der Waals surface area (Å²) in [6.45, 7) is 6.56. The Labute approximate surface area is 225 Å². The van der Waals surface area contributed by atoms with Crippen molar-refractivity contribution in [3.63, 3.8) is 0 Å². The molecule has 0 saturated carbocycles. The molecule has 0 N–H and O–H groups in total. The number of rotatable bonds is 11. The summed E-state index contributed by atoms with van der Waals surface area (Å²) in [4.78, 5) is 28.4. The zero-order valence-electron chi connectivity index (χ0n) is 23.4. The molecule has 2 aromatic rings. The number of amides is 2. The van der Waals surface area contributed by atoms with Gasteiger partial charge in [0.05, 0.1) is 39.7 Å². The van der Waals surface area contributed by atoms with E-state index in [1.54, 1.807) is 33.3 Å². The van der Waals surface area contributed by atoms with Crippen LogP contribution in [0.4, 0.5) is 0 Å². The third kappa shape index (κ3) is 7.25. The van der Waals surface area contributed by atoms with E-state index >= 15 is 0 Å². The second kappa shape index (κ2) is 12.8. The molecule has 1 heterocycles. The maximum Gasteiger partial charge on any atom is 0.262 e. The average molecular weight is 526 g/mol. The van der Waals surface area contributed by atoms with E-state index in [1.807, 2.05) is 63.2 Å². The maximum atomic E-state index is 13.7. The van der Waals surface area contributed by atoms with Crippen LogP contribution in [0.5, 0.6) is 17.2 Å². The Morgan fingerprint density at radius 3 is 2.24 bits per heavy atom. The maximum absolute atomic E-state index is 13.7. The molecule has 1 atom stereocenters. The molecule has 0 unspecified atom stereocenters. The van der Waals surface area contributed by atoms with Crippen LogP contribution in [0.25, 0.3) is 0 Å². The molecule has 2 amide bonds. The van der Waals surface area contributed by atoms with Gasteiger partial charge in [-0.1, -0.05) is 26.8 Å². The summed E-state index contributed by atoms with van der Waals surface area (Å²) in [6.07, 6.45) is 0.824. The van der Waals surface area contributed by atoms with Gasteiger partial charge in [0.2, 0.25) is 5.91 Å². The summed E-state index contributed by atoms with van der Waals surface area (Å²) in [7, 11) is 6.35. The summed E-state index contributed by atoms with van der Waals surface area (Å²) in [5, 5.41) is 6.25. The molecule has 38 heavy (non-hydrogen) atoms. The summed E-state index contributed by atoms with van der Waals surface area (Å²) in [5.74, 6) is 1.54. The number of ether oxygens (including phenoxy) is 4. The molecule has 1 aliphatic rings. The molecule has 2 aromatic carbocycles. The molecule has 0 saturated heterocycles. The molecule has 0 spiro atoms. The lowest BCUT2D eigenvalue weighted by atomic mass is 9.91. The van der Waals surface area contributed by atoms with Crippen molar-refractivity contribution in [2.75, 3.05) is 48.1 Å². The van der Waals surface area contributed by atoms with Crippen LogP contribution in [-0.2, 0) is 14.3 Å². The first kappa shape index (κ1) is 29.0. The fraction of sp³-hybridized carbons (Fsp3) is 0.483. The zero-order valence-corrected chi connectivity index (χ0v) is 23.4. The van der Waals surface area contributed by atoms with Gasteiger partial charge in [0.15, 0.2) is 11.5 Å². The molecule has 9 nitrogen and oxygen atoms in total. The predicted molar refractivity (Wildman–Crippen MR) is 146 cm³/mol. The SMILES string of the molecule is COCCN(CC(=O)N1N=C(c2ccc(OC)cc2)C[C@@H]1c1ccc(OC)c(OC)c1)C(=O)CC(C)(C)C. The Morgan fingerprint density at radius 2 is 1.66 bits per heavy atom. The highest BCUT2D eigenvalue weighted by atomic mass is 16.5. The summed E-state index contributed by atoms with van der Waals surface area (Å²) < 4.78 is 21.4. The largest absolute Gasteiger partial charge is 0.497 e. The van der Waals surface area contributed by atoms with Crippen LogP contribution in [0.3, 0.4) is 0 Å². The van der Waals surface area contributed by atoms with Gasteiger partial charge in [0.1, 0.15) is 12.3 Å². The molecule has 0 aromatic heterocycles. The minimum atomic E-state index is -0.374. The first-order valence-corrected chi connectivity index (χ1v) is 12.6. The van der Waals surface area contributed by atoms with E-state index in [9.17, 15) is 9.59 Å². The highest BCUT2D eigenvalue weighted by Gasteiger charge is 2.35. The minimum absolute atomic E-state index is 0.0934. The molecule has 3 rings (SSSR count). The highest BCUT2D eigenvalue weighted by molar-refractivity contribution is 6.03. The van der Waals surface area contributed by atoms with Gasteiger partial charge < -0.3 is 23.8 Å². The van der Waals surface area contributed by atoms with Crippen molar-refractivity contribution >= 4 is 17.5 Å². The molecule has 0 bridgehead atoms. The predicted octanol–water partition coefficient (Wildman–Crippen LogP) is 4.30. The average Bonchev–Trinajstić information content (AvgIpc) is 3.35. The van der Waals surface area contributed by atoms with E-state index < -0.39 is 0 Å². The quantitative estimate of drug-likeness (QED) is 0.435. The first-order valence-electron chi connectivity index (χ1n) is 12.6. The Balaban J connectivity index is 1.95. The Bertz CT molecular complexity index is 1140. The Morgan fingerprint density at radius 1 is 0.974 bits per heavy atom. The van der Waals surface area contributed by atoms with Gasteiger partial charge >= 0.3 is 0 Å². The van der Waals surface area contributed by atoms with Crippen molar-refractivity contribution in [1.29, 1.82) is 0 Å². The lowest BCUT2D eigenvalue weighted by Crippen LogP contribution is -2.43. The fourth-order valence-corrected chi connectivity index (χ4v) is 4.31. The number of carbonyl (C=O) groups excluding carboxylic acids is 2. The van der Waals surface area contributed by atoms with Crippen LogP contribution < -0.4 is 14.2 Å².